The van der Waals surface area contributed by atoms with Gasteiger partial charge in [0, 0.05) is 19.0 Å². The minimum atomic E-state index is -4.51. The van der Waals surface area contributed by atoms with Gasteiger partial charge >= 0.3 is 6.18 Å². The Morgan fingerprint density at radius 3 is 2.58 bits per heavy atom. The summed E-state index contributed by atoms with van der Waals surface area (Å²) in [5, 5.41) is 13.1. The first-order valence-corrected chi connectivity index (χ1v) is 8.12. The minimum absolute atomic E-state index is 0.0899. The topological polar surface area (TPSA) is 58.3 Å². The predicted octanol–water partition coefficient (Wildman–Crippen LogP) is 3.97. The highest BCUT2D eigenvalue weighted by atomic mass is 19.4. The second kappa shape index (κ2) is 6.04. The van der Waals surface area contributed by atoms with Crippen LogP contribution >= 0.6 is 0 Å². The van der Waals surface area contributed by atoms with Gasteiger partial charge in [-0.2, -0.15) is 13.2 Å². The normalized spacial score (nSPS) is 17.5. The molecule has 1 aromatic carbocycles. The van der Waals surface area contributed by atoms with Gasteiger partial charge in [0.25, 0.3) is 0 Å². The fraction of sp³-hybridized carbons (Fsp3) is 0.588. The van der Waals surface area contributed by atoms with Crippen molar-refractivity contribution in [1.29, 1.82) is 0 Å². The molecule has 0 bridgehead atoms. The first-order valence-electron chi connectivity index (χ1n) is 8.12. The summed E-state index contributed by atoms with van der Waals surface area (Å²) in [6, 6.07) is 2.70. The van der Waals surface area contributed by atoms with Crippen molar-refractivity contribution in [2.45, 2.75) is 57.3 Å². The minimum Gasteiger partial charge on any atom is -0.440 e. The molecule has 0 amide bonds. The zero-order chi connectivity index (χ0) is 17.5. The van der Waals surface area contributed by atoms with Gasteiger partial charge in [-0.1, -0.05) is 13.8 Å². The first-order chi connectivity index (χ1) is 11.2. The molecule has 2 aromatic rings. The molecule has 7 heteroatoms. The number of halogens is 3. The number of oxazole rings is 1. The van der Waals surface area contributed by atoms with E-state index < -0.39 is 17.3 Å². The summed E-state index contributed by atoms with van der Waals surface area (Å²) in [6.07, 6.45) is -2.06. The van der Waals surface area contributed by atoms with Crippen molar-refractivity contribution in [3.05, 3.63) is 29.2 Å². The van der Waals surface area contributed by atoms with Crippen molar-refractivity contribution in [3.63, 3.8) is 0 Å². The van der Waals surface area contributed by atoms with Gasteiger partial charge in [0.1, 0.15) is 11.1 Å². The zero-order valence-electron chi connectivity index (χ0n) is 13.7. The summed E-state index contributed by atoms with van der Waals surface area (Å²) in [4.78, 5) is 4.19. The van der Waals surface area contributed by atoms with Crippen LogP contribution in [0.25, 0.3) is 11.1 Å². The maximum atomic E-state index is 13.3. The number of hydrogen-bond donors (Lipinski definition) is 2. The van der Waals surface area contributed by atoms with Crippen molar-refractivity contribution >= 4 is 11.1 Å². The SMILES string of the molecule is CC(C)c1nc2cc(CNCC3(O)CCC3)cc(C(F)(F)F)c2o1. The van der Waals surface area contributed by atoms with Crippen molar-refractivity contribution in [2.75, 3.05) is 6.54 Å². The van der Waals surface area contributed by atoms with Gasteiger partial charge < -0.3 is 14.8 Å². The van der Waals surface area contributed by atoms with E-state index in [-0.39, 0.29) is 23.6 Å². The number of hydrogen-bond acceptors (Lipinski definition) is 4. The van der Waals surface area contributed by atoms with E-state index in [1.165, 1.54) is 0 Å². The summed E-state index contributed by atoms with van der Waals surface area (Å²) >= 11 is 0. The number of alkyl halides is 3. The number of rotatable bonds is 5. The molecule has 3 rings (SSSR count). The third-order valence-electron chi connectivity index (χ3n) is 4.43. The molecule has 24 heavy (non-hydrogen) atoms. The molecular formula is C17H21F3N2O2. The maximum Gasteiger partial charge on any atom is 0.420 e. The van der Waals surface area contributed by atoms with Crippen molar-refractivity contribution in [3.8, 4) is 0 Å². The number of aromatic nitrogens is 1. The molecular weight excluding hydrogens is 321 g/mol. The van der Waals surface area contributed by atoms with Gasteiger partial charge in [-0.15, -0.1) is 0 Å². The van der Waals surface area contributed by atoms with Gasteiger partial charge in [0.2, 0.25) is 0 Å². The highest BCUT2D eigenvalue weighted by molar-refractivity contribution is 5.78. The Morgan fingerprint density at radius 1 is 1.33 bits per heavy atom. The van der Waals surface area contributed by atoms with Crippen LogP contribution in [0.1, 0.15) is 56.0 Å². The van der Waals surface area contributed by atoms with Crippen LogP contribution in [0.3, 0.4) is 0 Å². The molecule has 132 valence electrons. The molecule has 1 aliphatic rings. The van der Waals surface area contributed by atoms with Crippen LogP contribution in [-0.4, -0.2) is 22.2 Å². The van der Waals surface area contributed by atoms with Crippen LogP contribution in [0.2, 0.25) is 0 Å². The lowest BCUT2D eigenvalue weighted by Gasteiger charge is -2.36. The highest BCUT2D eigenvalue weighted by Crippen LogP contribution is 2.37. The molecule has 0 aliphatic heterocycles. The predicted molar refractivity (Wildman–Crippen MR) is 83.6 cm³/mol. The largest absolute Gasteiger partial charge is 0.440 e. The van der Waals surface area contributed by atoms with Crippen molar-refractivity contribution in [2.24, 2.45) is 0 Å². The molecule has 1 heterocycles. The standard InChI is InChI=1S/C17H21F3N2O2/c1-10(2)15-22-13-7-11(8-21-9-16(23)4-3-5-16)6-12(14(13)24-15)17(18,19)20/h6-7,10,21,23H,3-5,8-9H2,1-2H3. The molecule has 1 saturated carbocycles. The van der Waals surface area contributed by atoms with Gasteiger partial charge in [-0.05, 0) is 37.0 Å². The fourth-order valence-corrected chi connectivity index (χ4v) is 2.87. The summed E-state index contributed by atoms with van der Waals surface area (Å²) < 4.78 is 45.3. The van der Waals surface area contributed by atoms with E-state index in [0.29, 0.717) is 18.0 Å². The quantitative estimate of drug-likeness (QED) is 0.863. The number of aliphatic hydroxyl groups is 1. The smallest absolute Gasteiger partial charge is 0.420 e. The van der Waals surface area contributed by atoms with Crippen molar-refractivity contribution in [1.82, 2.24) is 10.3 Å². The van der Waals surface area contributed by atoms with E-state index in [2.05, 4.69) is 10.3 Å². The van der Waals surface area contributed by atoms with E-state index in [9.17, 15) is 18.3 Å². The van der Waals surface area contributed by atoms with Gasteiger partial charge in [-0.25, -0.2) is 4.98 Å². The van der Waals surface area contributed by atoms with E-state index in [1.54, 1.807) is 6.07 Å². The lowest BCUT2D eigenvalue weighted by molar-refractivity contribution is -0.136. The van der Waals surface area contributed by atoms with Gasteiger partial charge in [-0.3, -0.25) is 0 Å². The van der Waals surface area contributed by atoms with Crippen LogP contribution in [0.15, 0.2) is 16.5 Å². The molecule has 0 saturated heterocycles. The average molecular weight is 342 g/mol. The van der Waals surface area contributed by atoms with Crippen LogP contribution in [0, 0.1) is 0 Å². The van der Waals surface area contributed by atoms with Crippen LogP contribution in [0.4, 0.5) is 13.2 Å². The second-order valence-corrected chi connectivity index (χ2v) is 6.88. The van der Waals surface area contributed by atoms with E-state index >= 15 is 0 Å². The highest BCUT2D eigenvalue weighted by Gasteiger charge is 2.36. The van der Waals surface area contributed by atoms with E-state index in [1.807, 2.05) is 13.8 Å². The van der Waals surface area contributed by atoms with E-state index in [0.717, 1.165) is 25.3 Å². The number of fused-ring (bicyclic) bond motifs is 1. The average Bonchev–Trinajstić information content (AvgIpc) is 2.87. The first kappa shape index (κ1) is 17.2. The number of nitrogens with one attached hydrogen (secondary N) is 1. The number of nitrogens with zero attached hydrogens (tertiary/aromatic N) is 1. The van der Waals surface area contributed by atoms with Crippen LogP contribution < -0.4 is 5.32 Å². The Hall–Kier alpha value is -1.60. The van der Waals surface area contributed by atoms with Crippen LogP contribution in [-0.2, 0) is 12.7 Å². The summed E-state index contributed by atoms with van der Waals surface area (Å²) in [5.74, 6) is 0.206. The van der Waals surface area contributed by atoms with E-state index in [4.69, 9.17) is 4.42 Å². The van der Waals surface area contributed by atoms with Gasteiger partial charge in [0.05, 0.1) is 5.60 Å². The van der Waals surface area contributed by atoms with Gasteiger partial charge in [0.15, 0.2) is 11.5 Å². The molecule has 0 radical (unpaired) electrons. The lowest BCUT2D eigenvalue weighted by Crippen LogP contribution is -2.45. The molecule has 1 fully saturated rings. The molecule has 2 N–H and O–H groups in total. The van der Waals surface area contributed by atoms with Crippen LogP contribution in [0.5, 0.6) is 0 Å². The zero-order valence-corrected chi connectivity index (χ0v) is 13.7. The molecule has 1 aromatic heterocycles. The third kappa shape index (κ3) is 3.42. The van der Waals surface area contributed by atoms with Crippen molar-refractivity contribution < 1.29 is 22.7 Å². The maximum absolute atomic E-state index is 13.3. The molecule has 0 spiro atoms. The molecule has 4 nitrogen and oxygen atoms in total. The Balaban J connectivity index is 1.87. The lowest BCUT2D eigenvalue weighted by atomic mass is 9.80. The summed E-state index contributed by atoms with van der Waals surface area (Å²) in [7, 11) is 0. The Kier molecular flexibility index (Phi) is 4.34. The Labute approximate surface area is 138 Å². The monoisotopic (exact) mass is 342 g/mol. The molecule has 1 aliphatic carbocycles. The third-order valence-corrected chi connectivity index (χ3v) is 4.43. The summed E-state index contributed by atoms with van der Waals surface area (Å²) in [5.41, 5.74) is -1.05. The Bertz CT molecular complexity index is 733. The Morgan fingerprint density at radius 2 is 2.04 bits per heavy atom. The molecule has 0 unspecified atom stereocenters. The summed E-state index contributed by atoms with van der Waals surface area (Å²) in [6.45, 7) is 4.26. The molecule has 0 atom stereocenters. The fourth-order valence-electron chi connectivity index (χ4n) is 2.87. The second-order valence-electron chi connectivity index (χ2n) is 6.88. The number of benzene rings is 1.